The van der Waals surface area contributed by atoms with Crippen LogP contribution in [0, 0.1) is 13.8 Å². The Balaban J connectivity index is 0.000000396. The van der Waals surface area contributed by atoms with Crippen molar-refractivity contribution in [2.24, 2.45) is 0 Å². The van der Waals surface area contributed by atoms with Crippen molar-refractivity contribution in [3.8, 4) is 0 Å². The molecule has 0 saturated heterocycles. The summed E-state index contributed by atoms with van der Waals surface area (Å²) in [5.41, 5.74) is 2.11. The Morgan fingerprint density at radius 1 is 1.15 bits per heavy atom. The summed E-state index contributed by atoms with van der Waals surface area (Å²) >= 11 is 0. The largest absolute Gasteiger partial charge is 0.221 e. The molecule has 0 fully saturated rings. The van der Waals surface area contributed by atoms with Crippen LogP contribution in [0.2, 0.25) is 0 Å². The number of hydrogen-bond donors (Lipinski definition) is 0. The van der Waals surface area contributed by atoms with Crippen LogP contribution in [-0.2, 0) is 0 Å². The molecule has 0 aliphatic heterocycles. The molecule has 0 aliphatic carbocycles. The molecular weight excluding hydrogens is 162 g/mol. The monoisotopic (exact) mass is 177 g/mol. The van der Waals surface area contributed by atoms with Gasteiger partial charge in [0.25, 0.3) is 0 Å². The molecule has 0 N–H and O–H groups in total. The summed E-state index contributed by atoms with van der Waals surface area (Å²) < 4.78 is 1.80. The van der Waals surface area contributed by atoms with E-state index in [9.17, 15) is 0 Å². The van der Waals surface area contributed by atoms with Crippen molar-refractivity contribution in [2.45, 2.75) is 27.7 Å². The minimum absolute atomic E-state index is 0.815. The number of rotatable bonds is 0. The summed E-state index contributed by atoms with van der Waals surface area (Å²) in [5, 5.41) is 4.18. The first-order valence-corrected chi connectivity index (χ1v) is 4.55. The Kier molecular flexibility index (Phi) is 3.01. The van der Waals surface area contributed by atoms with Crippen LogP contribution in [0.15, 0.2) is 18.3 Å². The van der Waals surface area contributed by atoms with Gasteiger partial charge in [-0.25, -0.2) is 9.50 Å². The van der Waals surface area contributed by atoms with Gasteiger partial charge in [-0.1, -0.05) is 19.9 Å². The first kappa shape index (κ1) is 9.71. The van der Waals surface area contributed by atoms with Crippen LogP contribution in [0.4, 0.5) is 0 Å². The first-order valence-electron chi connectivity index (χ1n) is 4.55. The number of hydrogen-bond acceptors (Lipinski definition) is 2. The van der Waals surface area contributed by atoms with Crippen LogP contribution in [0.5, 0.6) is 0 Å². The maximum atomic E-state index is 4.21. The lowest BCUT2D eigenvalue weighted by atomic mass is 10.3. The predicted octanol–water partition coefficient (Wildman–Crippen LogP) is 2.37. The van der Waals surface area contributed by atoms with E-state index in [2.05, 4.69) is 10.1 Å². The molecule has 0 unspecified atom stereocenters. The summed E-state index contributed by atoms with van der Waals surface area (Å²) in [6.07, 6.45) is 1.97. The lowest BCUT2D eigenvalue weighted by Crippen LogP contribution is -1.87. The van der Waals surface area contributed by atoms with Crippen LogP contribution in [0.25, 0.3) is 5.65 Å². The van der Waals surface area contributed by atoms with E-state index in [1.165, 1.54) is 5.56 Å². The van der Waals surface area contributed by atoms with Crippen LogP contribution in [0.3, 0.4) is 0 Å². The van der Waals surface area contributed by atoms with Crippen LogP contribution < -0.4 is 0 Å². The highest BCUT2D eigenvalue weighted by Crippen LogP contribution is 2.02. The maximum absolute atomic E-state index is 4.21. The molecular formula is C10H15N3. The van der Waals surface area contributed by atoms with E-state index in [1.807, 2.05) is 46.0 Å². The zero-order valence-corrected chi connectivity index (χ0v) is 8.57. The zero-order chi connectivity index (χ0) is 9.84. The SMILES string of the molecule is CC.Cc1ccc2nc(C)nn2c1. The third kappa shape index (κ3) is 2.05. The highest BCUT2D eigenvalue weighted by Gasteiger charge is 1.96. The predicted molar refractivity (Wildman–Crippen MR) is 53.8 cm³/mol. The fourth-order valence-electron chi connectivity index (χ4n) is 1.10. The third-order valence-electron chi connectivity index (χ3n) is 1.58. The van der Waals surface area contributed by atoms with Crippen molar-refractivity contribution in [3.05, 3.63) is 29.7 Å². The van der Waals surface area contributed by atoms with Crippen molar-refractivity contribution < 1.29 is 0 Å². The van der Waals surface area contributed by atoms with Gasteiger partial charge in [0.15, 0.2) is 5.65 Å². The molecule has 2 aromatic rings. The van der Waals surface area contributed by atoms with Gasteiger partial charge < -0.3 is 0 Å². The fourth-order valence-corrected chi connectivity index (χ4v) is 1.10. The molecule has 0 radical (unpaired) electrons. The van der Waals surface area contributed by atoms with Crippen LogP contribution in [0.1, 0.15) is 25.2 Å². The smallest absolute Gasteiger partial charge is 0.155 e. The van der Waals surface area contributed by atoms with E-state index in [0.29, 0.717) is 0 Å². The molecule has 0 aliphatic rings. The number of aryl methyl sites for hydroxylation is 2. The molecule has 2 aromatic heterocycles. The zero-order valence-electron chi connectivity index (χ0n) is 8.57. The summed E-state index contributed by atoms with van der Waals surface area (Å²) in [6.45, 7) is 7.93. The molecule has 0 amide bonds. The van der Waals surface area contributed by atoms with Crippen molar-refractivity contribution in [1.29, 1.82) is 0 Å². The summed E-state index contributed by atoms with van der Waals surface area (Å²) in [4.78, 5) is 4.21. The lowest BCUT2D eigenvalue weighted by Gasteiger charge is -1.91. The van der Waals surface area contributed by atoms with Gasteiger partial charge in [0.05, 0.1) is 0 Å². The maximum Gasteiger partial charge on any atom is 0.155 e. The molecule has 2 heterocycles. The molecule has 2 rings (SSSR count). The van der Waals surface area contributed by atoms with E-state index in [0.717, 1.165) is 11.5 Å². The average Bonchev–Trinajstić information content (AvgIpc) is 2.48. The second-order valence-corrected chi connectivity index (χ2v) is 2.67. The van der Waals surface area contributed by atoms with Gasteiger partial charge in [-0.2, -0.15) is 5.10 Å². The number of aromatic nitrogens is 3. The Hall–Kier alpha value is -1.38. The summed E-state index contributed by atoms with van der Waals surface area (Å²) in [5.74, 6) is 0.815. The van der Waals surface area contributed by atoms with E-state index in [1.54, 1.807) is 4.52 Å². The molecule has 13 heavy (non-hydrogen) atoms. The minimum atomic E-state index is 0.815. The van der Waals surface area contributed by atoms with Gasteiger partial charge in [0, 0.05) is 6.20 Å². The summed E-state index contributed by atoms with van der Waals surface area (Å²) in [7, 11) is 0. The Bertz CT molecular complexity index is 390. The number of fused-ring (bicyclic) bond motifs is 1. The van der Waals surface area contributed by atoms with Gasteiger partial charge in [-0.15, -0.1) is 0 Å². The van der Waals surface area contributed by atoms with Crippen LogP contribution >= 0.6 is 0 Å². The van der Waals surface area contributed by atoms with Gasteiger partial charge in [0.1, 0.15) is 5.82 Å². The molecule has 70 valence electrons. The molecule has 0 saturated carbocycles. The van der Waals surface area contributed by atoms with Crippen molar-refractivity contribution >= 4 is 5.65 Å². The fraction of sp³-hybridized carbons (Fsp3) is 0.400. The van der Waals surface area contributed by atoms with Crippen molar-refractivity contribution in [2.75, 3.05) is 0 Å². The van der Waals surface area contributed by atoms with Gasteiger partial charge in [-0.05, 0) is 25.5 Å². The Morgan fingerprint density at radius 2 is 1.85 bits per heavy atom. The Morgan fingerprint density at radius 3 is 2.54 bits per heavy atom. The van der Waals surface area contributed by atoms with E-state index < -0.39 is 0 Å². The van der Waals surface area contributed by atoms with E-state index in [-0.39, 0.29) is 0 Å². The molecule has 0 aromatic carbocycles. The van der Waals surface area contributed by atoms with Gasteiger partial charge in [0.2, 0.25) is 0 Å². The Labute approximate surface area is 78.4 Å². The van der Waals surface area contributed by atoms with E-state index in [4.69, 9.17) is 0 Å². The quantitative estimate of drug-likeness (QED) is 0.618. The number of pyridine rings is 1. The molecule has 3 heteroatoms. The molecule has 0 spiro atoms. The average molecular weight is 177 g/mol. The third-order valence-corrected chi connectivity index (χ3v) is 1.58. The van der Waals surface area contributed by atoms with Crippen molar-refractivity contribution in [3.63, 3.8) is 0 Å². The second kappa shape index (κ2) is 4.03. The molecule has 3 nitrogen and oxygen atoms in total. The van der Waals surface area contributed by atoms with Gasteiger partial charge in [-0.3, -0.25) is 0 Å². The van der Waals surface area contributed by atoms with Crippen LogP contribution in [-0.4, -0.2) is 14.6 Å². The van der Waals surface area contributed by atoms with Crippen molar-refractivity contribution in [1.82, 2.24) is 14.6 Å². The van der Waals surface area contributed by atoms with Gasteiger partial charge >= 0.3 is 0 Å². The van der Waals surface area contributed by atoms with E-state index >= 15 is 0 Å². The lowest BCUT2D eigenvalue weighted by molar-refractivity contribution is 0.923. The molecule has 0 atom stereocenters. The highest BCUT2D eigenvalue weighted by molar-refractivity contribution is 5.38. The minimum Gasteiger partial charge on any atom is -0.221 e. The topological polar surface area (TPSA) is 30.2 Å². The normalized spacial score (nSPS) is 9.54. The summed E-state index contributed by atoms with van der Waals surface area (Å²) in [6, 6.07) is 4.00. The standard InChI is InChI=1S/C8H9N3.C2H6/c1-6-3-4-8-9-7(2)10-11(8)5-6;1-2/h3-5H,1-2H3;1-2H3. The molecule has 0 bridgehead atoms. The highest BCUT2D eigenvalue weighted by atomic mass is 15.3. The number of nitrogens with zero attached hydrogens (tertiary/aromatic N) is 3. The first-order chi connectivity index (χ1) is 6.25. The second-order valence-electron chi connectivity index (χ2n) is 2.67.